The molecule has 0 radical (unpaired) electrons. The molecule has 2 unspecified atom stereocenters. The highest BCUT2D eigenvalue weighted by Crippen LogP contribution is 2.54. The molecule has 0 aromatic carbocycles. The molecule has 0 amide bonds. The second-order valence-electron chi connectivity index (χ2n) is 6.61. The smallest absolute Gasteiger partial charge is 0.191 e. The molecule has 0 saturated heterocycles. The van der Waals surface area contributed by atoms with Gasteiger partial charge in [-0.05, 0) is 33.1 Å². The molecule has 2 aliphatic rings. The van der Waals surface area contributed by atoms with Crippen LogP contribution in [0.25, 0.3) is 0 Å². The Labute approximate surface area is 142 Å². The average Bonchev–Trinajstić information content (AvgIpc) is 3.20. The summed E-state index contributed by atoms with van der Waals surface area (Å²) in [6.07, 6.45) is 8.63. The maximum absolute atomic E-state index is 5.98. The van der Waals surface area contributed by atoms with Crippen LogP contribution in [0.15, 0.2) is 11.2 Å². The summed E-state index contributed by atoms with van der Waals surface area (Å²) in [5.41, 5.74) is 0.325. The van der Waals surface area contributed by atoms with Gasteiger partial charge in [0, 0.05) is 36.2 Å². The third-order valence-corrected chi connectivity index (χ3v) is 6.21. The first kappa shape index (κ1) is 16.7. The predicted molar refractivity (Wildman–Crippen MR) is 94.9 cm³/mol. The zero-order valence-electron chi connectivity index (χ0n) is 14.4. The van der Waals surface area contributed by atoms with E-state index in [4.69, 9.17) is 4.74 Å². The fraction of sp³-hybridized carbons (Fsp3) is 0.765. The Hall–Kier alpha value is -1.14. The van der Waals surface area contributed by atoms with Crippen LogP contribution < -0.4 is 10.6 Å². The Balaban J connectivity index is 1.56. The van der Waals surface area contributed by atoms with Crippen molar-refractivity contribution in [3.63, 3.8) is 0 Å². The van der Waals surface area contributed by atoms with E-state index in [0.717, 1.165) is 30.5 Å². The monoisotopic (exact) mass is 336 g/mol. The maximum Gasteiger partial charge on any atom is 0.191 e. The van der Waals surface area contributed by atoms with Crippen molar-refractivity contribution in [3.05, 3.63) is 16.1 Å². The van der Waals surface area contributed by atoms with E-state index in [9.17, 15) is 0 Å². The normalized spacial score (nSPS) is 26.3. The van der Waals surface area contributed by atoms with Crippen molar-refractivity contribution in [2.75, 3.05) is 13.7 Å². The lowest BCUT2D eigenvalue weighted by Crippen LogP contribution is -2.65. The fourth-order valence-electron chi connectivity index (χ4n) is 4.09. The standard InChI is InChI=1S/C17H28N4OS/c1-4-22-14-9-13(17(14)7-5-6-8-17)21-16(18-3)20-11-15-19-10-12(2)23-15/h10,13-14H,4-9,11H2,1-3H3,(H2,18,20,21). The number of aryl methyl sites for hydroxylation is 1. The molecule has 5 nitrogen and oxygen atoms in total. The number of hydrogen-bond donors (Lipinski definition) is 2. The lowest BCUT2D eigenvalue weighted by Gasteiger charge is -2.54. The minimum Gasteiger partial charge on any atom is -0.378 e. The van der Waals surface area contributed by atoms with Crippen molar-refractivity contribution in [2.24, 2.45) is 10.4 Å². The summed E-state index contributed by atoms with van der Waals surface area (Å²) in [6.45, 7) is 5.72. The molecule has 6 heteroatoms. The number of nitrogens with zero attached hydrogens (tertiary/aromatic N) is 2. The molecule has 1 aromatic rings. The third kappa shape index (κ3) is 3.38. The van der Waals surface area contributed by atoms with Gasteiger partial charge in [-0.25, -0.2) is 4.98 Å². The first-order valence-corrected chi connectivity index (χ1v) is 9.49. The Morgan fingerprint density at radius 1 is 1.48 bits per heavy atom. The number of aliphatic imine (C=N–C) groups is 1. The molecule has 128 valence electrons. The number of nitrogens with one attached hydrogen (secondary N) is 2. The Morgan fingerprint density at radius 2 is 2.26 bits per heavy atom. The number of guanidine groups is 1. The zero-order chi connectivity index (χ0) is 16.3. The first-order valence-electron chi connectivity index (χ1n) is 8.68. The fourth-order valence-corrected chi connectivity index (χ4v) is 4.82. The lowest BCUT2D eigenvalue weighted by molar-refractivity contribution is -0.125. The summed E-state index contributed by atoms with van der Waals surface area (Å²) >= 11 is 1.73. The highest BCUT2D eigenvalue weighted by atomic mass is 32.1. The number of aromatic nitrogens is 1. The van der Waals surface area contributed by atoms with Crippen LogP contribution in [0.2, 0.25) is 0 Å². The molecule has 2 N–H and O–H groups in total. The number of hydrogen-bond acceptors (Lipinski definition) is 4. The molecule has 23 heavy (non-hydrogen) atoms. The molecule has 1 heterocycles. The first-order chi connectivity index (χ1) is 11.2. The van der Waals surface area contributed by atoms with Crippen molar-refractivity contribution in [3.8, 4) is 0 Å². The quantitative estimate of drug-likeness (QED) is 0.641. The molecule has 1 aromatic heterocycles. The highest BCUT2D eigenvalue weighted by Gasteiger charge is 2.56. The van der Waals surface area contributed by atoms with Crippen LogP contribution in [0, 0.1) is 12.3 Å². The van der Waals surface area contributed by atoms with Crippen LogP contribution in [0.5, 0.6) is 0 Å². The average molecular weight is 337 g/mol. The maximum atomic E-state index is 5.98. The zero-order valence-corrected chi connectivity index (χ0v) is 15.2. The van der Waals surface area contributed by atoms with E-state index in [1.54, 1.807) is 11.3 Å². The Morgan fingerprint density at radius 3 is 2.87 bits per heavy atom. The minimum absolute atomic E-state index is 0.325. The topological polar surface area (TPSA) is 58.5 Å². The highest BCUT2D eigenvalue weighted by molar-refractivity contribution is 7.11. The molecule has 2 fully saturated rings. The van der Waals surface area contributed by atoms with Gasteiger partial charge in [-0.15, -0.1) is 11.3 Å². The van der Waals surface area contributed by atoms with Crippen molar-refractivity contribution in [1.82, 2.24) is 15.6 Å². The van der Waals surface area contributed by atoms with E-state index in [-0.39, 0.29) is 0 Å². The molecular formula is C17H28N4OS. The van der Waals surface area contributed by atoms with Gasteiger partial charge in [-0.1, -0.05) is 12.8 Å². The lowest BCUT2D eigenvalue weighted by atomic mass is 9.60. The van der Waals surface area contributed by atoms with E-state index in [1.807, 2.05) is 13.2 Å². The van der Waals surface area contributed by atoms with Gasteiger partial charge in [0.05, 0.1) is 12.6 Å². The van der Waals surface area contributed by atoms with Crippen molar-refractivity contribution in [2.45, 2.75) is 64.6 Å². The molecule has 2 aliphatic carbocycles. The van der Waals surface area contributed by atoms with Crippen LogP contribution in [-0.4, -0.2) is 36.7 Å². The van der Waals surface area contributed by atoms with E-state index in [1.165, 1.54) is 30.6 Å². The van der Waals surface area contributed by atoms with Crippen molar-refractivity contribution < 1.29 is 4.74 Å². The molecule has 0 aliphatic heterocycles. The van der Waals surface area contributed by atoms with Crippen LogP contribution in [-0.2, 0) is 11.3 Å². The van der Waals surface area contributed by atoms with Crippen molar-refractivity contribution >= 4 is 17.3 Å². The summed E-state index contributed by atoms with van der Waals surface area (Å²) in [4.78, 5) is 10.0. The van der Waals surface area contributed by atoms with Crippen LogP contribution in [0.4, 0.5) is 0 Å². The van der Waals surface area contributed by atoms with Gasteiger partial charge in [0.2, 0.25) is 0 Å². The summed E-state index contributed by atoms with van der Waals surface area (Å²) in [6, 6.07) is 0.478. The largest absolute Gasteiger partial charge is 0.378 e. The van der Waals surface area contributed by atoms with Gasteiger partial charge in [-0.2, -0.15) is 0 Å². The Kier molecular flexibility index (Phi) is 5.21. The van der Waals surface area contributed by atoms with Gasteiger partial charge < -0.3 is 15.4 Å². The van der Waals surface area contributed by atoms with Gasteiger partial charge in [0.25, 0.3) is 0 Å². The van der Waals surface area contributed by atoms with Gasteiger partial charge >= 0.3 is 0 Å². The number of ether oxygens (including phenoxy) is 1. The van der Waals surface area contributed by atoms with Crippen LogP contribution >= 0.6 is 11.3 Å². The van der Waals surface area contributed by atoms with Gasteiger partial charge in [-0.3, -0.25) is 4.99 Å². The Bertz CT molecular complexity index is 551. The second kappa shape index (κ2) is 7.18. The molecule has 3 rings (SSSR count). The van der Waals surface area contributed by atoms with Crippen LogP contribution in [0.3, 0.4) is 0 Å². The predicted octanol–water partition coefficient (Wildman–Crippen LogP) is 2.85. The van der Waals surface area contributed by atoms with E-state index in [2.05, 4.69) is 34.5 Å². The third-order valence-electron chi connectivity index (χ3n) is 5.30. The molecule has 2 atom stereocenters. The summed E-state index contributed by atoms with van der Waals surface area (Å²) < 4.78 is 5.98. The van der Waals surface area contributed by atoms with Crippen molar-refractivity contribution in [1.29, 1.82) is 0 Å². The summed E-state index contributed by atoms with van der Waals surface area (Å²) in [7, 11) is 1.84. The molecule has 0 bridgehead atoms. The molecule has 1 spiro atoms. The number of thiazole rings is 1. The SMILES string of the molecule is CCOC1CC(NC(=NC)NCc2ncc(C)s2)C12CCCC2. The van der Waals surface area contributed by atoms with Gasteiger partial charge in [0.15, 0.2) is 5.96 Å². The van der Waals surface area contributed by atoms with E-state index in [0.29, 0.717) is 17.6 Å². The number of rotatable bonds is 5. The van der Waals surface area contributed by atoms with E-state index < -0.39 is 0 Å². The van der Waals surface area contributed by atoms with Gasteiger partial charge in [0.1, 0.15) is 5.01 Å². The minimum atomic E-state index is 0.325. The summed E-state index contributed by atoms with van der Waals surface area (Å²) in [5.74, 6) is 0.879. The van der Waals surface area contributed by atoms with Crippen LogP contribution in [0.1, 0.15) is 48.9 Å². The molecule has 2 saturated carbocycles. The molecular weight excluding hydrogens is 308 g/mol. The second-order valence-corrected chi connectivity index (χ2v) is 7.93. The summed E-state index contributed by atoms with van der Waals surface area (Å²) in [5, 5.41) is 8.13. The van der Waals surface area contributed by atoms with E-state index >= 15 is 0 Å².